The third-order valence-electron chi connectivity index (χ3n) is 5.70. The van der Waals surface area contributed by atoms with Gasteiger partial charge in [0.1, 0.15) is 10.8 Å². The van der Waals surface area contributed by atoms with Crippen molar-refractivity contribution in [3.05, 3.63) is 28.7 Å². The monoisotopic (exact) mass is 396 g/mol. The van der Waals surface area contributed by atoms with E-state index in [4.69, 9.17) is 15.6 Å². The van der Waals surface area contributed by atoms with Crippen LogP contribution in [0.1, 0.15) is 35.4 Å². The standard InChI is InChI=1S/C19H20N6O2S/c1-9-6-21-11(10(2)14(9)27-3)7-25-16-13-15(24-25)19(4-5-19)12(26)8-28-17(13)23-18(20)22-16/h6H,4-5,7-8H2,1-3H3,(H2,20,22,23). The molecule has 0 atom stereocenters. The summed E-state index contributed by atoms with van der Waals surface area (Å²) in [6.45, 7) is 4.38. The van der Waals surface area contributed by atoms with Crippen molar-refractivity contribution in [2.75, 3.05) is 18.6 Å². The van der Waals surface area contributed by atoms with Crippen molar-refractivity contribution in [3.8, 4) is 5.75 Å². The molecular weight excluding hydrogens is 376 g/mol. The molecule has 0 saturated heterocycles. The summed E-state index contributed by atoms with van der Waals surface area (Å²) in [7, 11) is 1.66. The molecule has 0 amide bonds. The average molecular weight is 396 g/mol. The molecule has 9 heteroatoms. The highest BCUT2D eigenvalue weighted by Crippen LogP contribution is 2.54. The summed E-state index contributed by atoms with van der Waals surface area (Å²) in [6, 6.07) is 0. The molecule has 3 aromatic heterocycles. The van der Waals surface area contributed by atoms with Crippen molar-refractivity contribution >= 4 is 34.5 Å². The van der Waals surface area contributed by atoms with E-state index in [1.807, 2.05) is 13.8 Å². The Hall–Kier alpha value is -2.68. The largest absolute Gasteiger partial charge is 0.496 e. The topological polar surface area (TPSA) is 109 Å². The zero-order valence-electron chi connectivity index (χ0n) is 15.9. The van der Waals surface area contributed by atoms with E-state index in [1.54, 1.807) is 18.0 Å². The quantitative estimate of drug-likeness (QED) is 0.671. The Balaban J connectivity index is 1.71. The third kappa shape index (κ3) is 2.35. The molecule has 1 spiro atoms. The average Bonchev–Trinajstić information content (AvgIpc) is 3.41. The lowest BCUT2D eigenvalue weighted by Gasteiger charge is -2.13. The number of fused-ring (bicyclic) bond motifs is 1. The Morgan fingerprint density at radius 1 is 1.32 bits per heavy atom. The summed E-state index contributed by atoms with van der Waals surface area (Å²) < 4.78 is 7.33. The van der Waals surface area contributed by atoms with Crippen molar-refractivity contribution in [1.29, 1.82) is 0 Å². The minimum Gasteiger partial charge on any atom is -0.496 e. The number of aromatic nitrogens is 5. The number of ketones is 1. The number of Topliss-reactive ketones (excluding diaryl/α,β-unsaturated/α-hetero) is 1. The lowest BCUT2D eigenvalue weighted by atomic mass is 9.96. The van der Waals surface area contributed by atoms with E-state index in [0.29, 0.717) is 17.9 Å². The molecule has 28 heavy (non-hydrogen) atoms. The fraction of sp³-hybridized carbons (Fsp3) is 0.421. The molecule has 1 fully saturated rings. The van der Waals surface area contributed by atoms with Crippen molar-refractivity contribution < 1.29 is 9.53 Å². The fourth-order valence-corrected chi connectivity index (χ4v) is 5.06. The predicted octanol–water partition coefficient (Wildman–Crippen LogP) is 2.18. The first kappa shape index (κ1) is 17.4. The summed E-state index contributed by atoms with van der Waals surface area (Å²) in [6.07, 6.45) is 3.46. The van der Waals surface area contributed by atoms with Gasteiger partial charge in [-0.1, -0.05) is 11.8 Å². The SMILES string of the molecule is COc1c(C)cnc(Cn2nc3c4c(nc(N)nc42)SCC(=O)C32CC2)c1C. The summed E-state index contributed by atoms with van der Waals surface area (Å²) in [5, 5.41) is 6.45. The van der Waals surface area contributed by atoms with Gasteiger partial charge in [-0.2, -0.15) is 10.1 Å². The van der Waals surface area contributed by atoms with E-state index in [-0.39, 0.29) is 11.7 Å². The summed E-state index contributed by atoms with van der Waals surface area (Å²) in [5.41, 5.74) is 9.74. The summed E-state index contributed by atoms with van der Waals surface area (Å²) >= 11 is 1.43. The van der Waals surface area contributed by atoms with Gasteiger partial charge in [0.15, 0.2) is 11.4 Å². The van der Waals surface area contributed by atoms with Gasteiger partial charge in [-0.3, -0.25) is 9.78 Å². The minimum absolute atomic E-state index is 0.188. The van der Waals surface area contributed by atoms with Gasteiger partial charge in [0, 0.05) is 17.3 Å². The maximum atomic E-state index is 12.8. The molecule has 0 aromatic carbocycles. The first-order valence-electron chi connectivity index (χ1n) is 9.14. The van der Waals surface area contributed by atoms with E-state index >= 15 is 0 Å². The molecule has 1 aliphatic heterocycles. The van der Waals surface area contributed by atoms with Crippen LogP contribution in [0.25, 0.3) is 11.0 Å². The number of methoxy groups -OCH3 is 1. The van der Waals surface area contributed by atoms with Gasteiger partial charge in [-0.25, -0.2) is 9.67 Å². The van der Waals surface area contributed by atoms with Gasteiger partial charge in [0.2, 0.25) is 5.95 Å². The van der Waals surface area contributed by atoms with Gasteiger partial charge in [-0.15, -0.1) is 0 Å². The van der Waals surface area contributed by atoms with E-state index in [9.17, 15) is 4.79 Å². The van der Waals surface area contributed by atoms with Gasteiger partial charge in [-0.05, 0) is 26.7 Å². The molecule has 0 radical (unpaired) electrons. The lowest BCUT2D eigenvalue weighted by Crippen LogP contribution is -2.22. The van der Waals surface area contributed by atoms with Gasteiger partial charge in [0.05, 0.1) is 41.6 Å². The molecule has 1 aliphatic carbocycles. The van der Waals surface area contributed by atoms with Gasteiger partial charge in [0.25, 0.3) is 0 Å². The highest BCUT2D eigenvalue weighted by molar-refractivity contribution is 8.00. The van der Waals surface area contributed by atoms with E-state index in [2.05, 4.69) is 15.0 Å². The number of nitrogen functional groups attached to an aromatic ring is 1. The van der Waals surface area contributed by atoms with E-state index in [1.165, 1.54) is 11.8 Å². The second kappa shape index (κ2) is 5.91. The molecule has 3 aromatic rings. The van der Waals surface area contributed by atoms with Crippen molar-refractivity contribution in [2.45, 2.75) is 43.7 Å². The first-order valence-corrected chi connectivity index (χ1v) is 10.1. The number of nitrogens with zero attached hydrogens (tertiary/aromatic N) is 5. The number of nitrogens with two attached hydrogens (primary N) is 1. The molecule has 5 rings (SSSR count). The van der Waals surface area contributed by atoms with Crippen molar-refractivity contribution in [1.82, 2.24) is 24.7 Å². The summed E-state index contributed by atoms with van der Waals surface area (Å²) in [5.74, 6) is 1.62. The van der Waals surface area contributed by atoms with Crippen LogP contribution in [0.5, 0.6) is 5.75 Å². The number of rotatable bonds is 3. The van der Waals surface area contributed by atoms with Crippen LogP contribution in [0.2, 0.25) is 0 Å². The number of hydrogen-bond acceptors (Lipinski definition) is 8. The molecule has 144 valence electrons. The third-order valence-corrected chi connectivity index (χ3v) is 6.68. The second-order valence-corrected chi connectivity index (χ2v) is 8.40. The number of hydrogen-bond donors (Lipinski definition) is 1. The zero-order valence-corrected chi connectivity index (χ0v) is 16.8. The number of carbonyl (C=O) groups excluding carboxylic acids is 1. The van der Waals surface area contributed by atoms with Crippen LogP contribution in [0.3, 0.4) is 0 Å². The normalized spacial score (nSPS) is 17.2. The molecule has 2 N–H and O–H groups in total. The smallest absolute Gasteiger partial charge is 0.223 e. The number of aryl methyl sites for hydroxylation is 1. The first-order chi connectivity index (χ1) is 13.4. The Labute approximate surface area is 165 Å². The Bertz CT molecular complexity index is 1150. The van der Waals surface area contributed by atoms with Crippen molar-refractivity contribution in [2.24, 2.45) is 0 Å². The maximum Gasteiger partial charge on any atom is 0.223 e. The predicted molar refractivity (Wildman–Crippen MR) is 106 cm³/mol. The molecule has 1 saturated carbocycles. The molecule has 0 bridgehead atoms. The number of anilines is 1. The van der Waals surface area contributed by atoms with Crippen LogP contribution in [-0.2, 0) is 16.8 Å². The lowest BCUT2D eigenvalue weighted by molar-refractivity contribution is -0.119. The maximum absolute atomic E-state index is 12.8. The zero-order chi connectivity index (χ0) is 19.6. The summed E-state index contributed by atoms with van der Waals surface area (Å²) in [4.78, 5) is 26.2. The number of thioether (sulfide) groups is 1. The molecule has 8 nitrogen and oxygen atoms in total. The van der Waals surface area contributed by atoms with Crippen LogP contribution in [0, 0.1) is 13.8 Å². The highest BCUT2D eigenvalue weighted by Gasteiger charge is 2.55. The molecule has 4 heterocycles. The van der Waals surface area contributed by atoms with Crippen LogP contribution >= 0.6 is 11.8 Å². The van der Waals surface area contributed by atoms with Gasteiger partial charge < -0.3 is 10.5 Å². The van der Waals surface area contributed by atoms with Crippen LogP contribution in [-0.4, -0.2) is 43.4 Å². The molecule has 2 aliphatic rings. The molecule has 0 unspecified atom stereocenters. The van der Waals surface area contributed by atoms with Gasteiger partial charge >= 0.3 is 0 Å². The van der Waals surface area contributed by atoms with Crippen LogP contribution in [0.4, 0.5) is 5.95 Å². The van der Waals surface area contributed by atoms with Crippen molar-refractivity contribution in [3.63, 3.8) is 0 Å². The number of carbonyl (C=O) groups is 1. The molecular formula is C19H20N6O2S. The van der Waals surface area contributed by atoms with E-state index in [0.717, 1.165) is 51.5 Å². The minimum atomic E-state index is -0.478. The Morgan fingerprint density at radius 3 is 2.82 bits per heavy atom. The van der Waals surface area contributed by atoms with Crippen LogP contribution < -0.4 is 10.5 Å². The number of pyridine rings is 1. The fourth-order valence-electron chi connectivity index (χ4n) is 4.02. The Kier molecular flexibility index (Phi) is 3.67. The number of ether oxygens (including phenoxy) is 1. The Morgan fingerprint density at radius 2 is 2.11 bits per heavy atom. The van der Waals surface area contributed by atoms with Crippen LogP contribution in [0.15, 0.2) is 11.2 Å². The highest BCUT2D eigenvalue weighted by atomic mass is 32.2. The van der Waals surface area contributed by atoms with E-state index < -0.39 is 5.41 Å². The second-order valence-electron chi connectivity index (χ2n) is 7.43.